The minimum Gasteiger partial charge on any atom is -0.308 e. The monoisotopic (exact) mass is 287 g/mol. The van der Waals surface area contributed by atoms with E-state index in [1.165, 1.54) is 6.42 Å². The molecule has 0 aromatic rings. The van der Waals surface area contributed by atoms with Crippen molar-refractivity contribution in [2.45, 2.75) is 71.9 Å². The molecule has 2 rings (SSSR count). The SMILES string of the molecule is CC1(C)CC(NC2(C)CCS(=O)(=O)C2)CC(C)(C)C1. The minimum atomic E-state index is -2.82. The lowest BCUT2D eigenvalue weighted by Gasteiger charge is -2.47. The van der Waals surface area contributed by atoms with Crippen LogP contribution in [0.1, 0.15) is 60.3 Å². The van der Waals surface area contributed by atoms with Crippen LogP contribution in [-0.2, 0) is 9.84 Å². The van der Waals surface area contributed by atoms with Gasteiger partial charge < -0.3 is 5.32 Å². The average Bonchev–Trinajstić information content (AvgIpc) is 2.33. The second-order valence-corrected chi connectivity index (χ2v) is 10.8. The summed E-state index contributed by atoms with van der Waals surface area (Å²) in [7, 11) is -2.82. The molecule has 1 aliphatic carbocycles. The van der Waals surface area contributed by atoms with E-state index in [-0.39, 0.29) is 5.54 Å². The lowest BCUT2D eigenvalue weighted by Crippen LogP contribution is -2.53. The van der Waals surface area contributed by atoms with E-state index >= 15 is 0 Å². The maximum absolute atomic E-state index is 11.7. The molecule has 0 bridgehead atoms. The maximum atomic E-state index is 11.7. The van der Waals surface area contributed by atoms with E-state index in [1.807, 2.05) is 0 Å². The van der Waals surface area contributed by atoms with Crippen molar-refractivity contribution >= 4 is 9.84 Å². The highest BCUT2D eigenvalue weighted by molar-refractivity contribution is 7.91. The fourth-order valence-corrected chi connectivity index (χ4v) is 6.67. The molecule has 1 atom stereocenters. The zero-order valence-electron chi connectivity index (χ0n) is 13.0. The van der Waals surface area contributed by atoms with Gasteiger partial charge in [0, 0.05) is 11.6 Å². The summed E-state index contributed by atoms with van der Waals surface area (Å²) in [4.78, 5) is 0. The minimum absolute atomic E-state index is 0.215. The Balaban J connectivity index is 2.07. The van der Waals surface area contributed by atoms with Gasteiger partial charge in [-0.25, -0.2) is 8.42 Å². The van der Waals surface area contributed by atoms with Crippen LogP contribution in [0.25, 0.3) is 0 Å². The number of sulfone groups is 1. The van der Waals surface area contributed by atoms with E-state index in [4.69, 9.17) is 0 Å². The highest BCUT2D eigenvalue weighted by Gasteiger charge is 2.44. The number of hydrogen-bond donors (Lipinski definition) is 1. The highest BCUT2D eigenvalue weighted by atomic mass is 32.2. The molecule has 1 unspecified atom stereocenters. The third-order valence-electron chi connectivity index (χ3n) is 4.61. The summed E-state index contributed by atoms with van der Waals surface area (Å²) < 4.78 is 23.4. The smallest absolute Gasteiger partial charge is 0.152 e. The summed E-state index contributed by atoms with van der Waals surface area (Å²) in [5.41, 5.74) is 0.466. The van der Waals surface area contributed by atoms with Gasteiger partial charge in [0.25, 0.3) is 0 Å². The Morgan fingerprint density at radius 1 is 1.00 bits per heavy atom. The first-order chi connectivity index (χ1) is 8.41. The van der Waals surface area contributed by atoms with Crippen molar-refractivity contribution in [2.75, 3.05) is 11.5 Å². The van der Waals surface area contributed by atoms with Gasteiger partial charge in [-0.15, -0.1) is 0 Å². The van der Waals surface area contributed by atoms with Gasteiger partial charge in [0.1, 0.15) is 0 Å². The lowest BCUT2D eigenvalue weighted by atomic mass is 9.63. The summed E-state index contributed by atoms with van der Waals surface area (Å²) >= 11 is 0. The van der Waals surface area contributed by atoms with Crippen LogP contribution < -0.4 is 5.32 Å². The summed E-state index contributed by atoms with van der Waals surface area (Å²) in [5, 5.41) is 3.68. The Kier molecular flexibility index (Phi) is 3.59. The first kappa shape index (κ1) is 15.3. The van der Waals surface area contributed by atoms with E-state index in [0.717, 1.165) is 19.3 Å². The predicted molar refractivity (Wildman–Crippen MR) is 80.0 cm³/mol. The first-order valence-corrected chi connectivity index (χ1v) is 9.21. The van der Waals surface area contributed by atoms with E-state index in [9.17, 15) is 8.42 Å². The molecule has 0 radical (unpaired) electrons. The van der Waals surface area contributed by atoms with Gasteiger partial charge in [0.15, 0.2) is 9.84 Å². The summed E-state index contributed by atoms with van der Waals surface area (Å²) in [6.45, 7) is 11.4. The molecule has 0 aromatic heterocycles. The molecule has 1 saturated carbocycles. The number of nitrogens with one attached hydrogen (secondary N) is 1. The Morgan fingerprint density at radius 3 is 1.95 bits per heavy atom. The van der Waals surface area contributed by atoms with Crippen LogP contribution >= 0.6 is 0 Å². The number of rotatable bonds is 2. The molecule has 112 valence electrons. The van der Waals surface area contributed by atoms with Crippen LogP contribution in [0.2, 0.25) is 0 Å². The van der Waals surface area contributed by atoms with E-state index in [1.54, 1.807) is 0 Å². The van der Waals surface area contributed by atoms with E-state index in [2.05, 4.69) is 39.9 Å². The van der Waals surface area contributed by atoms with E-state index in [0.29, 0.717) is 28.4 Å². The number of hydrogen-bond acceptors (Lipinski definition) is 3. The van der Waals surface area contributed by atoms with Crippen molar-refractivity contribution in [1.29, 1.82) is 0 Å². The topological polar surface area (TPSA) is 46.2 Å². The van der Waals surface area contributed by atoms with Crippen molar-refractivity contribution in [1.82, 2.24) is 5.32 Å². The molecule has 4 heteroatoms. The van der Waals surface area contributed by atoms with Crippen LogP contribution in [0, 0.1) is 10.8 Å². The van der Waals surface area contributed by atoms with Gasteiger partial charge >= 0.3 is 0 Å². The Labute approximate surface area is 118 Å². The molecule has 19 heavy (non-hydrogen) atoms. The summed E-state index contributed by atoms with van der Waals surface area (Å²) in [6, 6.07) is 0.442. The molecular weight excluding hydrogens is 258 g/mol. The van der Waals surface area contributed by atoms with Gasteiger partial charge in [0.05, 0.1) is 11.5 Å². The molecule has 1 aliphatic heterocycles. The summed E-state index contributed by atoms with van der Waals surface area (Å²) in [6.07, 6.45) is 4.29. The standard InChI is InChI=1S/C15H29NO2S/c1-13(2)8-12(9-14(3,4)10-13)16-15(5)6-7-19(17,18)11-15/h12,16H,6-11H2,1-5H3. The van der Waals surface area contributed by atoms with Crippen molar-refractivity contribution < 1.29 is 8.42 Å². The zero-order chi connectivity index (χ0) is 14.5. The van der Waals surface area contributed by atoms with Gasteiger partial charge in [0.2, 0.25) is 0 Å². The molecule has 0 amide bonds. The molecular formula is C15H29NO2S. The van der Waals surface area contributed by atoms with Crippen molar-refractivity contribution in [3.8, 4) is 0 Å². The van der Waals surface area contributed by atoms with Gasteiger partial charge in [-0.1, -0.05) is 27.7 Å². The molecule has 1 N–H and O–H groups in total. The van der Waals surface area contributed by atoms with Gasteiger partial charge in [-0.2, -0.15) is 0 Å². The Bertz CT molecular complexity index is 437. The van der Waals surface area contributed by atoms with Crippen molar-refractivity contribution in [3.05, 3.63) is 0 Å². The molecule has 3 nitrogen and oxygen atoms in total. The van der Waals surface area contributed by atoms with Gasteiger partial charge in [-0.05, 0) is 43.4 Å². The normalized spacial score (nSPS) is 37.3. The predicted octanol–water partition coefficient (Wildman–Crippen LogP) is 2.76. The second-order valence-electron chi connectivity index (χ2n) is 8.66. The largest absolute Gasteiger partial charge is 0.308 e. The fraction of sp³-hybridized carbons (Fsp3) is 1.00. The Morgan fingerprint density at radius 2 is 1.53 bits per heavy atom. The summed E-state index contributed by atoms with van der Waals surface area (Å²) in [5.74, 6) is 0.646. The van der Waals surface area contributed by atoms with Crippen LogP contribution in [0.3, 0.4) is 0 Å². The van der Waals surface area contributed by atoms with Crippen LogP contribution in [0.4, 0.5) is 0 Å². The lowest BCUT2D eigenvalue weighted by molar-refractivity contribution is 0.0738. The third-order valence-corrected chi connectivity index (χ3v) is 6.51. The second kappa shape index (κ2) is 4.45. The molecule has 0 aromatic carbocycles. The maximum Gasteiger partial charge on any atom is 0.152 e. The van der Waals surface area contributed by atoms with Crippen molar-refractivity contribution in [3.63, 3.8) is 0 Å². The van der Waals surface area contributed by atoms with Crippen LogP contribution in [0.15, 0.2) is 0 Å². The van der Waals surface area contributed by atoms with Crippen LogP contribution in [0.5, 0.6) is 0 Å². The fourth-order valence-electron chi connectivity index (χ4n) is 4.57. The zero-order valence-corrected chi connectivity index (χ0v) is 13.9. The molecule has 2 fully saturated rings. The van der Waals surface area contributed by atoms with Crippen molar-refractivity contribution in [2.24, 2.45) is 10.8 Å². The van der Waals surface area contributed by atoms with Gasteiger partial charge in [-0.3, -0.25) is 0 Å². The molecule has 1 saturated heterocycles. The quantitative estimate of drug-likeness (QED) is 0.849. The third kappa shape index (κ3) is 3.94. The first-order valence-electron chi connectivity index (χ1n) is 7.39. The van der Waals surface area contributed by atoms with E-state index < -0.39 is 9.84 Å². The highest BCUT2D eigenvalue weighted by Crippen LogP contribution is 2.46. The van der Waals surface area contributed by atoms with Crippen LogP contribution in [-0.4, -0.2) is 31.5 Å². The molecule has 2 aliphatic rings. The molecule has 1 heterocycles. The Hall–Kier alpha value is -0.0900. The molecule has 0 spiro atoms. The average molecular weight is 287 g/mol.